The molecule has 1 aliphatic heterocycles. The summed E-state index contributed by atoms with van der Waals surface area (Å²) in [5.74, 6) is 1.97. The monoisotopic (exact) mass is 303 g/mol. The van der Waals surface area contributed by atoms with Crippen LogP contribution in [0.25, 0.3) is 0 Å². The molecule has 1 aromatic heterocycles. The summed E-state index contributed by atoms with van der Waals surface area (Å²) < 4.78 is 5.66. The van der Waals surface area contributed by atoms with Gasteiger partial charge in [-0.15, -0.1) is 11.8 Å². The van der Waals surface area contributed by atoms with Crippen LogP contribution in [-0.2, 0) is 4.79 Å². The lowest BCUT2D eigenvalue weighted by atomic mass is 10.1. The molecule has 1 amide bonds. The van der Waals surface area contributed by atoms with Gasteiger partial charge < -0.3 is 10.1 Å². The van der Waals surface area contributed by atoms with E-state index in [0.29, 0.717) is 11.6 Å². The number of carbonyl (C=O) groups is 1. The largest absolute Gasteiger partial charge is 0.491 e. The third-order valence-electron chi connectivity index (χ3n) is 3.15. The van der Waals surface area contributed by atoms with Crippen molar-refractivity contribution in [2.45, 2.75) is 25.2 Å². The van der Waals surface area contributed by atoms with Crippen molar-refractivity contribution >= 4 is 23.5 Å². The highest BCUT2D eigenvalue weighted by Crippen LogP contribution is 2.40. The van der Waals surface area contributed by atoms with Gasteiger partial charge in [-0.1, -0.05) is 12.1 Å². The van der Waals surface area contributed by atoms with Gasteiger partial charge in [0.15, 0.2) is 0 Å². The van der Waals surface area contributed by atoms with E-state index in [-0.39, 0.29) is 17.3 Å². The number of ether oxygens (including phenoxy) is 1. The number of aromatic amines is 1. The van der Waals surface area contributed by atoms with Crippen LogP contribution in [0.4, 0.5) is 5.82 Å². The highest BCUT2D eigenvalue weighted by Gasteiger charge is 2.25. The van der Waals surface area contributed by atoms with Gasteiger partial charge in [0.1, 0.15) is 11.6 Å². The first-order chi connectivity index (χ1) is 10.1. The van der Waals surface area contributed by atoms with E-state index < -0.39 is 0 Å². The van der Waals surface area contributed by atoms with Gasteiger partial charge in [0.2, 0.25) is 5.91 Å². The lowest BCUT2D eigenvalue weighted by Gasteiger charge is -2.15. The molecular formula is C15H17N3O2S. The van der Waals surface area contributed by atoms with Gasteiger partial charge in [0.25, 0.3) is 0 Å². The van der Waals surface area contributed by atoms with Crippen molar-refractivity contribution in [3.63, 3.8) is 0 Å². The minimum atomic E-state index is -0.00670. The first-order valence-electron chi connectivity index (χ1n) is 6.85. The van der Waals surface area contributed by atoms with Crippen molar-refractivity contribution in [2.75, 3.05) is 11.1 Å². The number of amides is 1. The Labute approximate surface area is 127 Å². The summed E-state index contributed by atoms with van der Waals surface area (Å²) in [5, 5.41) is 9.81. The average Bonchev–Trinajstić information content (AvgIpc) is 2.82. The molecule has 0 spiro atoms. The van der Waals surface area contributed by atoms with Crippen LogP contribution < -0.4 is 10.1 Å². The second-order valence-electron chi connectivity index (χ2n) is 5.18. The van der Waals surface area contributed by atoms with Gasteiger partial charge in [0, 0.05) is 5.56 Å². The number of anilines is 1. The Kier molecular flexibility index (Phi) is 3.88. The molecule has 2 N–H and O–H groups in total. The van der Waals surface area contributed by atoms with Crippen LogP contribution >= 0.6 is 11.8 Å². The fourth-order valence-corrected chi connectivity index (χ4v) is 3.39. The summed E-state index contributed by atoms with van der Waals surface area (Å²) in [6.45, 7) is 4.01. The summed E-state index contributed by atoms with van der Waals surface area (Å²) in [5.41, 5.74) is 2.14. The summed E-state index contributed by atoms with van der Waals surface area (Å²) >= 11 is 1.60. The van der Waals surface area contributed by atoms with E-state index in [9.17, 15) is 4.79 Å². The quantitative estimate of drug-likeness (QED) is 0.915. The Bertz CT molecular complexity index is 637. The van der Waals surface area contributed by atoms with Crippen LogP contribution in [0.3, 0.4) is 0 Å². The molecule has 0 bridgehead atoms. The third kappa shape index (κ3) is 3.05. The predicted octanol–water partition coefficient (Wildman–Crippen LogP) is 2.97. The fraction of sp³-hybridized carbons (Fsp3) is 0.333. The van der Waals surface area contributed by atoms with E-state index in [1.807, 2.05) is 38.1 Å². The summed E-state index contributed by atoms with van der Waals surface area (Å²) in [6, 6.07) is 8.02. The lowest BCUT2D eigenvalue weighted by molar-refractivity contribution is -0.113. The molecule has 1 aliphatic rings. The standard InChI is InChI=1S/C15H17N3O2S/c1-9(2)20-11-5-3-10(4-6-11)14-12-7-16-18-15(12)17-13(19)8-21-14/h3-7,9,14H,8H2,1-2H3,(H2,16,17,18,19)/t14-/m0/s1. The predicted molar refractivity (Wildman–Crippen MR) is 83.7 cm³/mol. The molecule has 0 saturated carbocycles. The van der Waals surface area contributed by atoms with Crippen LogP contribution in [-0.4, -0.2) is 28.0 Å². The molecule has 1 atom stereocenters. The van der Waals surface area contributed by atoms with E-state index >= 15 is 0 Å². The number of benzene rings is 1. The molecule has 2 aromatic rings. The molecule has 110 valence electrons. The number of thioether (sulfide) groups is 1. The Morgan fingerprint density at radius 2 is 2.10 bits per heavy atom. The second-order valence-corrected chi connectivity index (χ2v) is 6.27. The number of H-pyrrole nitrogens is 1. The van der Waals surface area contributed by atoms with Crippen molar-refractivity contribution in [3.05, 3.63) is 41.6 Å². The van der Waals surface area contributed by atoms with Crippen molar-refractivity contribution in [1.29, 1.82) is 0 Å². The first kappa shape index (κ1) is 14.0. The minimum absolute atomic E-state index is 0.00670. The molecule has 0 saturated heterocycles. The zero-order chi connectivity index (χ0) is 14.8. The van der Waals surface area contributed by atoms with Crippen LogP contribution in [0.1, 0.15) is 30.2 Å². The number of fused-ring (bicyclic) bond motifs is 1. The van der Waals surface area contributed by atoms with Gasteiger partial charge in [-0.05, 0) is 31.5 Å². The van der Waals surface area contributed by atoms with Gasteiger partial charge in [-0.3, -0.25) is 9.89 Å². The maximum Gasteiger partial charge on any atom is 0.235 e. The second kappa shape index (κ2) is 5.81. The van der Waals surface area contributed by atoms with E-state index in [1.165, 1.54) is 0 Å². The van der Waals surface area contributed by atoms with Crippen LogP contribution in [0, 0.1) is 0 Å². The molecule has 0 radical (unpaired) electrons. The minimum Gasteiger partial charge on any atom is -0.491 e. The summed E-state index contributed by atoms with van der Waals surface area (Å²) in [4.78, 5) is 11.7. The van der Waals surface area contributed by atoms with Gasteiger partial charge >= 0.3 is 0 Å². The van der Waals surface area contributed by atoms with E-state index in [4.69, 9.17) is 4.74 Å². The smallest absolute Gasteiger partial charge is 0.235 e. The fourth-order valence-electron chi connectivity index (χ4n) is 2.29. The lowest BCUT2D eigenvalue weighted by Crippen LogP contribution is -2.12. The topological polar surface area (TPSA) is 67.0 Å². The van der Waals surface area contributed by atoms with Crippen molar-refractivity contribution in [1.82, 2.24) is 10.2 Å². The molecule has 21 heavy (non-hydrogen) atoms. The molecule has 2 heterocycles. The molecule has 1 aromatic carbocycles. The van der Waals surface area contributed by atoms with Gasteiger partial charge in [-0.2, -0.15) is 5.10 Å². The van der Waals surface area contributed by atoms with Gasteiger partial charge in [0.05, 0.1) is 23.3 Å². The first-order valence-corrected chi connectivity index (χ1v) is 7.89. The Morgan fingerprint density at radius 3 is 2.81 bits per heavy atom. The number of aromatic nitrogens is 2. The maximum atomic E-state index is 11.7. The number of hydrogen-bond donors (Lipinski definition) is 2. The Hall–Kier alpha value is -1.95. The summed E-state index contributed by atoms with van der Waals surface area (Å²) in [7, 11) is 0. The highest BCUT2D eigenvalue weighted by molar-refractivity contribution is 8.00. The molecule has 6 heteroatoms. The molecular weight excluding hydrogens is 286 g/mol. The number of nitrogens with zero attached hydrogens (tertiary/aromatic N) is 1. The molecule has 3 rings (SSSR count). The number of carbonyl (C=O) groups excluding carboxylic acids is 1. The van der Waals surface area contributed by atoms with E-state index in [0.717, 1.165) is 16.9 Å². The van der Waals surface area contributed by atoms with Crippen LogP contribution in [0.2, 0.25) is 0 Å². The van der Waals surface area contributed by atoms with Gasteiger partial charge in [-0.25, -0.2) is 0 Å². The Morgan fingerprint density at radius 1 is 1.33 bits per heavy atom. The van der Waals surface area contributed by atoms with Crippen molar-refractivity contribution in [3.8, 4) is 5.75 Å². The zero-order valence-corrected chi connectivity index (χ0v) is 12.7. The maximum absolute atomic E-state index is 11.7. The SMILES string of the molecule is CC(C)Oc1ccc([C@@H]2SCC(=O)Nc3[nH]ncc32)cc1. The number of hydrogen-bond acceptors (Lipinski definition) is 4. The highest BCUT2D eigenvalue weighted by atomic mass is 32.2. The Balaban J connectivity index is 1.88. The van der Waals surface area contributed by atoms with E-state index in [2.05, 4.69) is 15.5 Å². The van der Waals surface area contributed by atoms with Crippen molar-refractivity contribution < 1.29 is 9.53 Å². The molecule has 5 nitrogen and oxygen atoms in total. The molecule has 0 unspecified atom stereocenters. The molecule has 0 fully saturated rings. The zero-order valence-electron chi connectivity index (χ0n) is 11.9. The number of nitrogens with one attached hydrogen (secondary N) is 2. The van der Waals surface area contributed by atoms with Crippen LogP contribution in [0.5, 0.6) is 5.75 Å². The average molecular weight is 303 g/mol. The normalized spacial score (nSPS) is 18.0. The molecule has 0 aliphatic carbocycles. The third-order valence-corrected chi connectivity index (χ3v) is 4.44. The van der Waals surface area contributed by atoms with E-state index in [1.54, 1.807) is 18.0 Å². The number of rotatable bonds is 3. The van der Waals surface area contributed by atoms with Crippen LogP contribution in [0.15, 0.2) is 30.5 Å². The van der Waals surface area contributed by atoms with Crippen molar-refractivity contribution in [2.24, 2.45) is 0 Å². The summed E-state index contributed by atoms with van der Waals surface area (Å²) in [6.07, 6.45) is 1.93.